The fourth-order valence-corrected chi connectivity index (χ4v) is 3.63. The van der Waals surface area contributed by atoms with E-state index in [-0.39, 0.29) is 5.91 Å². The molecule has 1 amide bonds. The van der Waals surface area contributed by atoms with E-state index >= 15 is 0 Å². The molecule has 0 bridgehead atoms. The van der Waals surface area contributed by atoms with Gasteiger partial charge in [0, 0.05) is 36.9 Å². The van der Waals surface area contributed by atoms with E-state index in [2.05, 4.69) is 15.1 Å². The molecule has 8 heteroatoms. The van der Waals surface area contributed by atoms with E-state index in [1.165, 1.54) is 6.07 Å². The van der Waals surface area contributed by atoms with Gasteiger partial charge in [0.1, 0.15) is 0 Å². The van der Waals surface area contributed by atoms with E-state index in [9.17, 15) is 4.79 Å². The van der Waals surface area contributed by atoms with Gasteiger partial charge in [-0.25, -0.2) is 0 Å². The Hall–Kier alpha value is -1.17. The third-order valence-corrected chi connectivity index (χ3v) is 5.47. The lowest BCUT2D eigenvalue weighted by atomic mass is 10.2. The minimum absolute atomic E-state index is 0.138. The quantitative estimate of drug-likeness (QED) is 0.685. The van der Waals surface area contributed by atoms with Gasteiger partial charge in [-0.1, -0.05) is 52.5 Å². The molecule has 3 rings (SSSR count). The highest BCUT2D eigenvalue weighted by molar-refractivity contribution is 6.44. The maximum atomic E-state index is 12.3. The van der Waals surface area contributed by atoms with E-state index < -0.39 is 0 Å². The summed E-state index contributed by atoms with van der Waals surface area (Å²) < 4.78 is 0. The normalized spacial score (nSPS) is 15.2. The van der Waals surface area contributed by atoms with Gasteiger partial charge in [-0.3, -0.25) is 9.69 Å². The second-order valence-corrected chi connectivity index (χ2v) is 7.70. The number of carbonyl (C=O) groups is 1. The predicted octanol–water partition coefficient (Wildman–Crippen LogP) is 5.06. The Morgan fingerprint density at radius 3 is 2.31 bits per heavy atom. The van der Waals surface area contributed by atoms with Crippen LogP contribution in [0.15, 0.2) is 36.4 Å². The Morgan fingerprint density at radius 1 is 0.923 bits per heavy atom. The summed E-state index contributed by atoms with van der Waals surface area (Å²) in [5.74, 6) is -0.138. The van der Waals surface area contributed by atoms with Crippen molar-refractivity contribution in [2.75, 3.05) is 42.9 Å². The van der Waals surface area contributed by atoms with Crippen molar-refractivity contribution in [3.05, 3.63) is 56.5 Å². The van der Waals surface area contributed by atoms with Gasteiger partial charge in [-0.15, -0.1) is 0 Å². The van der Waals surface area contributed by atoms with Crippen molar-refractivity contribution in [1.82, 2.24) is 4.90 Å². The molecule has 26 heavy (non-hydrogen) atoms. The van der Waals surface area contributed by atoms with Gasteiger partial charge < -0.3 is 10.2 Å². The average molecular weight is 433 g/mol. The summed E-state index contributed by atoms with van der Waals surface area (Å²) in [6, 6.07) is 10.9. The summed E-state index contributed by atoms with van der Waals surface area (Å²) in [6.45, 7) is 3.53. The van der Waals surface area contributed by atoms with Crippen LogP contribution >= 0.6 is 46.4 Å². The SMILES string of the molecule is O=C(CN1CCN(c2cccc(Cl)c2)CC1)Nc1cc(Cl)c(Cl)cc1Cl. The number of piperazine rings is 1. The molecule has 0 saturated carbocycles. The molecular formula is C18H17Cl4N3O. The van der Waals surface area contributed by atoms with Crippen LogP contribution in [-0.4, -0.2) is 43.5 Å². The Morgan fingerprint density at radius 2 is 1.62 bits per heavy atom. The van der Waals surface area contributed by atoms with Crippen molar-refractivity contribution in [1.29, 1.82) is 0 Å². The molecule has 0 aromatic heterocycles. The van der Waals surface area contributed by atoms with E-state index in [4.69, 9.17) is 46.4 Å². The van der Waals surface area contributed by atoms with Crippen LogP contribution in [0.3, 0.4) is 0 Å². The van der Waals surface area contributed by atoms with Crippen molar-refractivity contribution in [3.63, 3.8) is 0 Å². The number of anilines is 2. The molecule has 0 unspecified atom stereocenters. The molecule has 138 valence electrons. The monoisotopic (exact) mass is 431 g/mol. The fraction of sp³-hybridized carbons (Fsp3) is 0.278. The van der Waals surface area contributed by atoms with Crippen molar-refractivity contribution in [3.8, 4) is 0 Å². The minimum atomic E-state index is -0.138. The fourth-order valence-electron chi connectivity index (χ4n) is 2.85. The summed E-state index contributed by atoms with van der Waals surface area (Å²) in [7, 11) is 0. The maximum absolute atomic E-state index is 12.3. The summed E-state index contributed by atoms with van der Waals surface area (Å²) in [5, 5.41) is 4.58. The Kier molecular flexibility index (Phi) is 6.54. The molecular weight excluding hydrogens is 416 g/mol. The Labute approximate surface area is 172 Å². The molecule has 2 aromatic carbocycles. The average Bonchev–Trinajstić information content (AvgIpc) is 2.60. The van der Waals surface area contributed by atoms with Crippen LogP contribution in [0.2, 0.25) is 20.1 Å². The number of hydrogen-bond acceptors (Lipinski definition) is 3. The lowest BCUT2D eigenvalue weighted by Gasteiger charge is -2.35. The van der Waals surface area contributed by atoms with Crippen LogP contribution in [0.1, 0.15) is 0 Å². The van der Waals surface area contributed by atoms with Crippen molar-refractivity contribution in [2.24, 2.45) is 0 Å². The first-order valence-corrected chi connectivity index (χ1v) is 9.61. The third kappa shape index (κ3) is 4.96. The van der Waals surface area contributed by atoms with Gasteiger partial charge in [0.2, 0.25) is 5.91 Å². The maximum Gasteiger partial charge on any atom is 0.238 e. The molecule has 1 heterocycles. The highest BCUT2D eigenvalue weighted by atomic mass is 35.5. The van der Waals surface area contributed by atoms with Gasteiger partial charge in [0.25, 0.3) is 0 Å². The smallest absolute Gasteiger partial charge is 0.238 e. The standard InChI is InChI=1S/C18H17Cl4N3O/c19-12-2-1-3-13(8-12)25-6-4-24(5-7-25)11-18(26)23-17-10-15(21)14(20)9-16(17)22/h1-3,8-10H,4-7,11H2,(H,23,26). The highest BCUT2D eigenvalue weighted by Gasteiger charge is 2.20. The second-order valence-electron chi connectivity index (χ2n) is 6.04. The lowest BCUT2D eigenvalue weighted by molar-refractivity contribution is -0.117. The van der Waals surface area contributed by atoms with Gasteiger partial charge in [0.05, 0.1) is 27.3 Å². The summed E-state index contributed by atoms with van der Waals surface area (Å²) in [6.07, 6.45) is 0. The molecule has 0 radical (unpaired) electrons. The van der Waals surface area contributed by atoms with Crippen molar-refractivity contribution < 1.29 is 4.79 Å². The molecule has 0 atom stereocenters. The molecule has 1 aliphatic heterocycles. The van der Waals surface area contributed by atoms with Crippen LogP contribution < -0.4 is 10.2 Å². The van der Waals surface area contributed by atoms with Crippen LogP contribution in [-0.2, 0) is 4.79 Å². The molecule has 1 saturated heterocycles. The van der Waals surface area contributed by atoms with Crippen LogP contribution in [0.25, 0.3) is 0 Å². The van der Waals surface area contributed by atoms with E-state index in [1.807, 2.05) is 24.3 Å². The molecule has 4 nitrogen and oxygen atoms in total. The van der Waals surface area contributed by atoms with Crippen LogP contribution in [0.5, 0.6) is 0 Å². The molecule has 2 aromatic rings. The van der Waals surface area contributed by atoms with Gasteiger partial charge in [-0.2, -0.15) is 0 Å². The van der Waals surface area contributed by atoms with Gasteiger partial charge in [0.15, 0.2) is 0 Å². The number of halogens is 4. The highest BCUT2D eigenvalue weighted by Crippen LogP contribution is 2.32. The lowest BCUT2D eigenvalue weighted by Crippen LogP contribution is -2.48. The number of benzene rings is 2. The second kappa shape index (κ2) is 8.68. The largest absolute Gasteiger partial charge is 0.369 e. The number of carbonyl (C=O) groups excluding carboxylic acids is 1. The molecule has 1 N–H and O–H groups in total. The van der Waals surface area contributed by atoms with Crippen molar-refractivity contribution in [2.45, 2.75) is 0 Å². The minimum Gasteiger partial charge on any atom is -0.369 e. The first kappa shape index (κ1) is 19.6. The summed E-state index contributed by atoms with van der Waals surface area (Å²) in [4.78, 5) is 16.7. The van der Waals surface area contributed by atoms with Gasteiger partial charge in [-0.05, 0) is 30.3 Å². The molecule has 1 aliphatic rings. The number of rotatable bonds is 4. The molecule has 1 fully saturated rings. The first-order chi connectivity index (χ1) is 12.4. The summed E-state index contributed by atoms with van der Waals surface area (Å²) in [5.41, 5.74) is 1.56. The Balaban J connectivity index is 1.53. The van der Waals surface area contributed by atoms with E-state index in [0.717, 1.165) is 36.9 Å². The number of hydrogen-bond donors (Lipinski definition) is 1. The number of amides is 1. The zero-order valence-corrected chi connectivity index (χ0v) is 16.8. The number of nitrogens with one attached hydrogen (secondary N) is 1. The zero-order chi connectivity index (χ0) is 18.7. The van der Waals surface area contributed by atoms with Crippen molar-refractivity contribution >= 4 is 63.7 Å². The van der Waals surface area contributed by atoms with E-state index in [0.29, 0.717) is 27.3 Å². The summed E-state index contributed by atoms with van der Waals surface area (Å²) >= 11 is 24.0. The van der Waals surface area contributed by atoms with Gasteiger partial charge >= 0.3 is 0 Å². The van der Waals surface area contributed by atoms with E-state index in [1.54, 1.807) is 6.07 Å². The van der Waals surface area contributed by atoms with Crippen LogP contribution in [0, 0.1) is 0 Å². The predicted molar refractivity (Wildman–Crippen MR) is 110 cm³/mol. The first-order valence-electron chi connectivity index (χ1n) is 8.09. The zero-order valence-electron chi connectivity index (χ0n) is 13.8. The number of nitrogens with zero attached hydrogens (tertiary/aromatic N) is 2. The molecule has 0 aliphatic carbocycles. The van der Waals surface area contributed by atoms with Crippen LogP contribution in [0.4, 0.5) is 11.4 Å². The topological polar surface area (TPSA) is 35.6 Å². The Bertz CT molecular complexity index is 807. The molecule has 0 spiro atoms. The third-order valence-electron chi connectivity index (χ3n) is 4.20.